The van der Waals surface area contributed by atoms with E-state index in [4.69, 9.17) is 17.4 Å². The largest absolute Gasteiger partial charge is 0.271 e. The van der Waals surface area contributed by atoms with Crippen LogP contribution < -0.4 is 11.3 Å². The number of hydrogen-bond donors (Lipinski definition) is 2. The zero-order valence-corrected chi connectivity index (χ0v) is 13.0. The molecule has 2 rings (SSSR count). The number of hydrazine groups is 1. The molecule has 1 unspecified atom stereocenters. The Labute approximate surface area is 130 Å². The predicted molar refractivity (Wildman–Crippen MR) is 85.7 cm³/mol. The monoisotopic (exact) mass is 306 g/mol. The molecule has 0 aliphatic heterocycles. The fraction of sp³-hybridized carbons (Fsp3) is 0.294. The molecule has 0 aliphatic rings. The summed E-state index contributed by atoms with van der Waals surface area (Å²) in [5.41, 5.74) is 5.54. The van der Waals surface area contributed by atoms with Crippen LogP contribution in [0.3, 0.4) is 0 Å². The molecule has 0 amide bonds. The number of rotatable bonds is 5. The summed E-state index contributed by atoms with van der Waals surface area (Å²) in [5.74, 6) is 5.78. The van der Waals surface area contributed by atoms with Crippen molar-refractivity contribution in [1.29, 1.82) is 0 Å². The Morgan fingerprint density at radius 1 is 1.14 bits per heavy atom. The van der Waals surface area contributed by atoms with Crippen molar-refractivity contribution in [3.63, 3.8) is 0 Å². The predicted octanol–water partition coefficient (Wildman–Crippen LogP) is 4.35. The lowest BCUT2D eigenvalue weighted by atomic mass is 9.96. The van der Waals surface area contributed by atoms with E-state index >= 15 is 0 Å². The van der Waals surface area contributed by atoms with Gasteiger partial charge in [0.15, 0.2) is 0 Å². The molecule has 2 aromatic carbocycles. The first-order valence-electron chi connectivity index (χ1n) is 7.01. The van der Waals surface area contributed by atoms with Crippen molar-refractivity contribution in [2.75, 3.05) is 0 Å². The lowest BCUT2D eigenvalue weighted by molar-refractivity contribution is 0.510. The van der Waals surface area contributed by atoms with E-state index in [-0.39, 0.29) is 11.9 Å². The molecule has 112 valence electrons. The maximum Gasteiger partial charge on any atom is 0.128 e. The average Bonchev–Trinajstić information content (AvgIpc) is 2.48. The molecular weight excluding hydrogens is 287 g/mol. The Bertz CT molecular complexity index is 596. The molecule has 0 radical (unpaired) electrons. The normalized spacial score (nSPS) is 12.7. The van der Waals surface area contributed by atoms with Crippen molar-refractivity contribution in [1.82, 2.24) is 5.43 Å². The van der Waals surface area contributed by atoms with Crippen LogP contribution in [0.2, 0.25) is 5.02 Å². The zero-order chi connectivity index (χ0) is 15.4. The van der Waals surface area contributed by atoms with E-state index in [1.807, 2.05) is 0 Å². The first kappa shape index (κ1) is 16.0. The molecule has 2 aromatic rings. The molecule has 0 heterocycles. The second-order valence-electron chi connectivity index (χ2n) is 5.49. The van der Waals surface area contributed by atoms with Gasteiger partial charge in [0.05, 0.1) is 6.04 Å². The lowest BCUT2D eigenvalue weighted by Gasteiger charge is -2.18. The van der Waals surface area contributed by atoms with Crippen LogP contribution >= 0.6 is 11.6 Å². The average molecular weight is 307 g/mol. The first-order chi connectivity index (χ1) is 10.0. The molecule has 0 bridgehead atoms. The second kappa shape index (κ2) is 7.03. The molecular formula is C17H20ClFN2. The van der Waals surface area contributed by atoms with Crippen molar-refractivity contribution in [3.05, 3.63) is 70.0 Å². The minimum atomic E-state index is -0.311. The van der Waals surface area contributed by atoms with Crippen molar-refractivity contribution >= 4 is 11.6 Å². The Kier molecular flexibility index (Phi) is 5.34. The van der Waals surface area contributed by atoms with Crippen molar-refractivity contribution in [2.24, 2.45) is 5.84 Å². The third kappa shape index (κ3) is 4.03. The third-order valence-electron chi connectivity index (χ3n) is 3.62. The van der Waals surface area contributed by atoms with E-state index < -0.39 is 0 Å². The highest BCUT2D eigenvalue weighted by molar-refractivity contribution is 6.30. The van der Waals surface area contributed by atoms with Gasteiger partial charge in [0.25, 0.3) is 0 Å². The highest BCUT2D eigenvalue weighted by Gasteiger charge is 2.15. The number of hydrogen-bond acceptors (Lipinski definition) is 2. The molecule has 1 atom stereocenters. The third-order valence-corrected chi connectivity index (χ3v) is 3.86. The van der Waals surface area contributed by atoms with Gasteiger partial charge < -0.3 is 0 Å². The van der Waals surface area contributed by atoms with Gasteiger partial charge in [-0.2, -0.15) is 0 Å². The van der Waals surface area contributed by atoms with Gasteiger partial charge in [-0.05, 0) is 41.7 Å². The van der Waals surface area contributed by atoms with Crippen molar-refractivity contribution in [3.8, 4) is 0 Å². The highest BCUT2D eigenvalue weighted by atomic mass is 35.5. The maximum atomic E-state index is 13.9. The number of benzene rings is 2. The molecule has 0 saturated heterocycles. The highest BCUT2D eigenvalue weighted by Crippen LogP contribution is 2.24. The summed E-state index contributed by atoms with van der Waals surface area (Å²) >= 11 is 5.94. The summed E-state index contributed by atoms with van der Waals surface area (Å²) in [6.07, 6.45) is 0.603. The van der Waals surface area contributed by atoms with Crippen LogP contribution in [0.25, 0.3) is 0 Å². The SMILES string of the molecule is CC(C)c1ccc(CC(NN)c2cc(Cl)ccc2F)cc1. The van der Waals surface area contributed by atoms with Crippen LogP contribution in [-0.2, 0) is 6.42 Å². The van der Waals surface area contributed by atoms with Gasteiger partial charge in [-0.15, -0.1) is 0 Å². The second-order valence-corrected chi connectivity index (χ2v) is 5.92. The first-order valence-corrected chi connectivity index (χ1v) is 7.39. The quantitative estimate of drug-likeness (QED) is 0.636. The van der Waals surface area contributed by atoms with Gasteiger partial charge in [0, 0.05) is 10.6 Å². The van der Waals surface area contributed by atoms with Gasteiger partial charge in [-0.3, -0.25) is 11.3 Å². The molecule has 4 heteroatoms. The minimum Gasteiger partial charge on any atom is -0.271 e. The van der Waals surface area contributed by atoms with E-state index in [0.29, 0.717) is 22.9 Å². The Hall–Kier alpha value is -1.42. The van der Waals surface area contributed by atoms with Gasteiger partial charge in [-0.1, -0.05) is 49.7 Å². The van der Waals surface area contributed by atoms with Crippen LogP contribution in [-0.4, -0.2) is 0 Å². The Balaban J connectivity index is 2.20. The van der Waals surface area contributed by atoms with E-state index in [9.17, 15) is 4.39 Å². The summed E-state index contributed by atoms with van der Waals surface area (Å²) < 4.78 is 13.9. The molecule has 21 heavy (non-hydrogen) atoms. The summed E-state index contributed by atoms with van der Waals surface area (Å²) in [4.78, 5) is 0. The summed E-state index contributed by atoms with van der Waals surface area (Å²) in [5, 5.41) is 0.502. The minimum absolute atomic E-state index is 0.304. The van der Waals surface area contributed by atoms with E-state index in [0.717, 1.165) is 5.56 Å². The van der Waals surface area contributed by atoms with E-state index in [1.54, 1.807) is 6.07 Å². The van der Waals surface area contributed by atoms with E-state index in [1.165, 1.54) is 17.7 Å². The molecule has 0 aromatic heterocycles. The summed E-state index contributed by atoms with van der Waals surface area (Å²) in [6, 6.07) is 12.5. The van der Waals surface area contributed by atoms with Crippen LogP contribution in [0.1, 0.15) is 42.5 Å². The smallest absolute Gasteiger partial charge is 0.128 e. The van der Waals surface area contributed by atoms with Crippen LogP contribution in [0.15, 0.2) is 42.5 Å². The van der Waals surface area contributed by atoms with Crippen LogP contribution in [0.4, 0.5) is 4.39 Å². The number of nitrogens with two attached hydrogens (primary N) is 1. The lowest BCUT2D eigenvalue weighted by Crippen LogP contribution is -2.30. The van der Waals surface area contributed by atoms with Crippen LogP contribution in [0, 0.1) is 5.82 Å². The Morgan fingerprint density at radius 3 is 2.38 bits per heavy atom. The van der Waals surface area contributed by atoms with Crippen molar-refractivity contribution in [2.45, 2.75) is 32.2 Å². The summed E-state index contributed by atoms with van der Waals surface area (Å²) in [6.45, 7) is 4.31. The number of halogens is 2. The summed E-state index contributed by atoms with van der Waals surface area (Å²) in [7, 11) is 0. The molecule has 0 aliphatic carbocycles. The zero-order valence-electron chi connectivity index (χ0n) is 12.2. The standard InChI is InChI=1S/C17H20ClFN2/c1-11(2)13-5-3-12(4-6-13)9-17(21-20)15-10-14(18)7-8-16(15)19/h3-8,10-11,17,21H,9,20H2,1-2H3. The topological polar surface area (TPSA) is 38.0 Å². The van der Waals surface area contributed by atoms with Crippen molar-refractivity contribution < 1.29 is 4.39 Å². The molecule has 0 saturated carbocycles. The Morgan fingerprint density at radius 2 is 1.81 bits per heavy atom. The van der Waals surface area contributed by atoms with Gasteiger partial charge >= 0.3 is 0 Å². The molecule has 3 N–H and O–H groups in total. The van der Waals surface area contributed by atoms with E-state index in [2.05, 4.69) is 43.5 Å². The molecule has 0 spiro atoms. The maximum absolute atomic E-state index is 13.9. The molecule has 0 fully saturated rings. The fourth-order valence-electron chi connectivity index (χ4n) is 2.31. The van der Waals surface area contributed by atoms with Gasteiger partial charge in [0.1, 0.15) is 5.82 Å². The number of nitrogens with one attached hydrogen (secondary N) is 1. The molecule has 2 nitrogen and oxygen atoms in total. The van der Waals surface area contributed by atoms with Gasteiger partial charge in [-0.25, -0.2) is 4.39 Å². The van der Waals surface area contributed by atoms with Gasteiger partial charge in [0.2, 0.25) is 0 Å². The fourth-order valence-corrected chi connectivity index (χ4v) is 2.50. The van der Waals surface area contributed by atoms with Crippen LogP contribution in [0.5, 0.6) is 0 Å².